The number of aryl methyl sites for hydroxylation is 1. The summed E-state index contributed by atoms with van der Waals surface area (Å²) in [5.74, 6) is -8.25. The van der Waals surface area contributed by atoms with Gasteiger partial charge in [-0.2, -0.15) is 0 Å². The summed E-state index contributed by atoms with van der Waals surface area (Å²) in [6.07, 6.45) is 14.6. The lowest BCUT2D eigenvalue weighted by Crippen LogP contribution is -2.61. The Kier molecular flexibility index (Phi) is 28.1. The van der Waals surface area contributed by atoms with Crippen molar-refractivity contribution in [2.75, 3.05) is 72.2 Å². The van der Waals surface area contributed by atoms with E-state index in [2.05, 4.69) is 9.97 Å². The first-order valence-corrected chi connectivity index (χ1v) is 32.1. The van der Waals surface area contributed by atoms with Gasteiger partial charge >= 0.3 is 11.9 Å². The number of allylic oxidation sites excluding steroid dienone is 6. The maximum Gasteiger partial charge on any atom is 0.329 e. The van der Waals surface area contributed by atoms with Gasteiger partial charge in [0.1, 0.15) is 36.2 Å². The fourth-order valence-corrected chi connectivity index (χ4v) is 13.0. The largest absolute Gasteiger partial charge is 0.460 e. The van der Waals surface area contributed by atoms with E-state index in [0.29, 0.717) is 128 Å². The number of aliphatic hydroxyl groups excluding tert-OH is 1. The van der Waals surface area contributed by atoms with E-state index >= 15 is 0 Å². The number of esters is 2. The number of ketones is 3. The standard InChI is InChI=1S/C67H101N5O16/c1-12-85-33-27-58(74)70-29-31-71(32-30-70)66-68-40-50(41-69-66)23-26-59(75)86-54-25-22-49(37-57(54)83-10)36-45(5)56-39-53(73)44(4)35-47(7)61(77)62(84-11)60(76)46(6)34-42(2)18-14-13-15-19-43(3)55(82-9)38-51-24-21-48(8)67(81,88-51)63(78)64(79)72-28-17-16-20-52(72)65(80)87-56/h13-15,18-19,35,40-42,44-46,48-49,51-52,54-57,61-62,77,81H,12,16-17,20-34,36-39H2,1-11H3/b15-13+,18-14+,43-19+,47-35+/t42-,44-,45-,46-,48-,49+,51+,52+,54-,55+,56+,57-,61-,62+,67-/m1/s1. The number of hydrogen-bond donors (Lipinski definition) is 2. The van der Waals surface area contributed by atoms with E-state index in [1.807, 2.05) is 74.8 Å². The minimum Gasteiger partial charge on any atom is -0.460 e. The molecule has 6 rings (SSSR count). The number of hydrogen-bond acceptors (Lipinski definition) is 19. The van der Waals surface area contributed by atoms with Gasteiger partial charge in [0.2, 0.25) is 17.6 Å². The van der Waals surface area contributed by atoms with Gasteiger partial charge in [-0.25, -0.2) is 14.8 Å². The molecule has 2 amide bonds. The number of piperazine rings is 1. The Labute approximate surface area is 521 Å². The Morgan fingerprint density at radius 2 is 1.55 bits per heavy atom. The molecular formula is C67H101N5O16. The Bertz CT molecular complexity index is 2620. The number of nitrogens with zero attached hydrogens (tertiary/aromatic N) is 5. The van der Waals surface area contributed by atoms with Crippen molar-refractivity contribution in [1.29, 1.82) is 0 Å². The second-order valence-corrected chi connectivity index (χ2v) is 25.3. The van der Waals surface area contributed by atoms with Crippen LogP contribution in [0.5, 0.6) is 0 Å². The summed E-state index contributed by atoms with van der Waals surface area (Å²) in [4.78, 5) is 112. The van der Waals surface area contributed by atoms with Crippen LogP contribution in [0.2, 0.25) is 0 Å². The molecule has 0 radical (unpaired) electrons. The fraction of sp³-hybridized carbons (Fsp3) is 0.716. The highest BCUT2D eigenvalue weighted by Gasteiger charge is 2.53. The van der Waals surface area contributed by atoms with Crippen LogP contribution in [0.3, 0.4) is 0 Å². The molecule has 2 bridgehead atoms. The van der Waals surface area contributed by atoms with Gasteiger partial charge in [0.25, 0.3) is 11.7 Å². The monoisotopic (exact) mass is 1230 g/mol. The van der Waals surface area contributed by atoms with Gasteiger partial charge in [-0.3, -0.25) is 28.8 Å². The molecule has 3 saturated heterocycles. The third-order valence-electron chi connectivity index (χ3n) is 18.6. The molecular weight excluding hydrogens is 1130 g/mol. The molecule has 1 aliphatic carbocycles. The van der Waals surface area contributed by atoms with Crippen LogP contribution in [0.25, 0.3) is 0 Å². The summed E-state index contributed by atoms with van der Waals surface area (Å²) in [5, 5.41) is 23.7. The number of cyclic esters (lactones) is 1. The average Bonchev–Trinajstić information content (AvgIpc) is 1.16. The Morgan fingerprint density at radius 3 is 2.23 bits per heavy atom. The SMILES string of the molecule is CCOCCC(=O)N1CCN(c2ncc(CCC(=O)O[C@@H]3CC[C@@H](C[C@@H](C)[C@@H]4CC(=O)[C@H](C)/C=C(\C)[C@@H](O)[C@@H](OC)C(=O)[C@H](C)C[C@H](C)/C=C/C=C/C=C(\C)[C@@H](OC)C[C@@H]5CC[C@@H](C)[C@@](O)(O5)C(=O)C(=O)N5CCCC[C@H]5C(=O)O4)C[C@H]3OC)cn2)CC1. The van der Waals surface area contributed by atoms with E-state index in [9.17, 15) is 43.8 Å². The highest BCUT2D eigenvalue weighted by molar-refractivity contribution is 6.39. The molecule has 5 heterocycles. The van der Waals surface area contributed by atoms with Crippen molar-refractivity contribution in [2.24, 2.45) is 35.5 Å². The number of ether oxygens (including phenoxy) is 7. The third-order valence-corrected chi connectivity index (χ3v) is 18.6. The molecule has 1 saturated carbocycles. The third kappa shape index (κ3) is 19.7. The number of aliphatic hydroxyl groups is 2. The van der Waals surface area contributed by atoms with Gasteiger partial charge in [0.05, 0.1) is 31.3 Å². The number of Topliss-reactive ketones (excluding diaryl/α,β-unsaturated/α-hetero) is 3. The maximum absolute atomic E-state index is 14.7. The van der Waals surface area contributed by atoms with Crippen molar-refractivity contribution in [2.45, 2.75) is 206 Å². The number of carbonyl (C=O) groups is 7. The molecule has 1 aromatic heterocycles. The van der Waals surface area contributed by atoms with E-state index in [-0.39, 0.29) is 61.1 Å². The van der Waals surface area contributed by atoms with Crippen molar-refractivity contribution in [3.63, 3.8) is 0 Å². The van der Waals surface area contributed by atoms with E-state index in [1.165, 1.54) is 12.0 Å². The number of rotatable bonds is 15. The first kappa shape index (κ1) is 71.5. The highest BCUT2D eigenvalue weighted by atomic mass is 16.6. The molecule has 490 valence electrons. The van der Waals surface area contributed by atoms with Crippen LogP contribution in [-0.2, 0) is 73.1 Å². The molecule has 88 heavy (non-hydrogen) atoms. The summed E-state index contributed by atoms with van der Waals surface area (Å²) in [6, 6.07) is -1.20. The summed E-state index contributed by atoms with van der Waals surface area (Å²) in [7, 11) is 4.52. The second-order valence-electron chi connectivity index (χ2n) is 25.3. The minimum atomic E-state index is -2.47. The molecule has 5 aliphatic rings. The molecule has 4 fully saturated rings. The average molecular weight is 1230 g/mol. The van der Waals surface area contributed by atoms with Crippen molar-refractivity contribution in [3.8, 4) is 0 Å². The first-order valence-electron chi connectivity index (χ1n) is 32.1. The number of methoxy groups -OCH3 is 3. The normalized spacial score (nSPS) is 33.9. The number of amides is 2. The van der Waals surface area contributed by atoms with Crippen molar-refractivity contribution in [1.82, 2.24) is 19.8 Å². The van der Waals surface area contributed by atoms with E-state index in [1.54, 1.807) is 53.5 Å². The predicted molar refractivity (Wildman–Crippen MR) is 329 cm³/mol. The molecule has 4 aliphatic heterocycles. The molecule has 0 aromatic carbocycles. The first-order chi connectivity index (χ1) is 42.0. The van der Waals surface area contributed by atoms with Crippen LogP contribution in [-0.4, -0.2) is 193 Å². The van der Waals surface area contributed by atoms with E-state index in [0.717, 1.165) is 11.1 Å². The van der Waals surface area contributed by atoms with Crippen LogP contribution in [0.15, 0.2) is 60.0 Å². The van der Waals surface area contributed by atoms with Crippen LogP contribution >= 0.6 is 0 Å². The molecule has 2 N–H and O–H groups in total. The topological polar surface area (TPSA) is 260 Å². The summed E-state index contributed by atoms with van der Waals surface area (Å²) < 4.78 is 41.4. The number of aromatic nitrogens is 2. The van der Waals surface area contributed by atoms with Crippen molar-refractivity contribution < 1.29 is 76.9 Å². The van der Waals surface area contributed by atoms with Gasteiger partial charge in [0.15, 0.2) is 5.78 Å². The van der Waals surface area contributed by atoms with Gasteiger partial charge in [-0.15, -0.1) is 0 Å². The Hall–Kier alpha value is -5.55. The zero-order valence-corrected chi connectivity index (χ0v) is 54.1. The number of fused-ring (bicyclic) bond motifs is 3. The van der Waals surface area contributed by atoms with Crippen LogP contribution in [0.4, 0.5) is 5.95 Å². The molecule has 21 heteroatoms. The molecule has 0 unspecified atom stereocenters. The van der Waals surface area contributed by atoms with E-state index < -0.39 is 95.9 Å². The Morgan fingerprint density at radius 1 is 0.818 bits per heavy atom. The summed E-state index contributed by atoms with van der Waals surface area (Å²) in [5.41, 5.74) is 2.00. The maximum atomic E-state index is 14.7. The van der Waals surface area contributed by atoms with Gasteiger partial charge in [0, 0.05) is 110 Å². The van der Waals surface area contributed by atoms with Gasteiger partial charge in [-0.1, -0.05) is 71.1 Å². The molecule has 0 spiro atoms. The minimum absolute atomic E-state index is 0.000775. The number of piperidine rings is 1. The zero-order valence-electron chi connectivity index (χ0n) is 54.1. The van der Waals surface area contributed by atoms with Crippen LogP contribution in [0.1, 0.15) is 151 Å². The molecule has 21 nitrogen and oxygen atoms in total. The summed E-state index contributed by atoms with van der Waals surface area (Å²) in [6.45, 7) is 17.9. The smallest absolute Gasteiger partial charge is 0.329 e. The van der Waals surface area contributed by atoms with Crippen molar-refractivity contribution in [3.05, 3.63) is 65.6 Å². The zero-order chi connectivity index (χ0) is 64.2. The van der Waals surface area contributed by atoms with Crippen LogP contribution < -0.4 is 4.90 Å². The molecule has 15 atom stereocenters. The lowest BCUT2D eigenvalue weighted by molar-refractivity contribution is -0.265. The Balaban J connectivity index is 1.16. The second kappa shape index (κ2) is 34.6. The van der Waals surface area contributed by atoms with Gasteiger partial charge in [-0.05, 0) is 126 Å². The quantitative estimate of drug-likeness (QED) is 0.0759. The molecule has 1 aromatic rings. The number of anilines is 1. The predicted octanol–water partition coefficient (Wildman–Crippen LogP) is 7.23. The number of carbonyl (C=O) groups excluding carboxylic acids is 7. The van der Waals surface area contributed by atoms with Crippen LogP contribution in [0, 0.1) is 35.5 Å². The van der Waals surface area contributed by atoms with E-state index in [4.69, 9.17) is 33.2 Å². The van der Waals surface area contributed by atoms with Gasteiger partial charge < -0.3 is 58.1 Å². The lowest BCUT2D eigenvalue weighted by atomic mass is 9.78. The fourth-order valence-electron chi connectivity index (χ4n) is 13.0. The van der Waals surface area contributed by atoms with Crippen molar-refractivity contribution >= 4 is 47.1 Å². The highest BCUT2D eigenvalue weighted by Crippen LogP contribution is 2.38. The lowest BCUT2D eigenvalue weighted by Gasteiger charge is -2.42. The summed E-state index contributed by atoms with van der Waals surface area (Å²) >= 11 is 0.